The van der Waals surface area contributed by atoms with E-state index in [1.807, 2.05) is 12.4 Å². The number of hydrogen-bond acceptors (Lipinski definition) is 1. The molecule has 0 aromatic carbocycles. The molecular formula is C7H11BrN2. The lowest BCUT2D eigenvalue weighted by Crippen LogP contribution is -2.00. The van der Waals surface area contributed by atoms with Gasteiger partial charge in [0, 0.05) is 18.9 Å². The van der Waals surface area contributed by atoms with Gasteiger partial charge in [0.25, 0.3) is 0 Å². The van der Waals surface area contributed by atoms with Crippen LogP contribution < -0.4 is 0 Å². The second kappa shape index (κ2) is 3.19. The van der Waals surface area contributed by atoms with Gasteiger partial charge in [-0.25, -0.2) is 4.98 Å². The quantitative estimate of drug-likeness (QED) is 0.674. The molecule has 0 spiro atoms. The molecule has 1 atom stereocenters. The van der Waals surface area contributed by atoms with Crippen molar-refractivity contribution in [1.29, 1.82) is 0 Å². The molecule has 0 bridgehead atoms. The molecule has 0 radical (unpaired) electrons. The van der Waals surface area contributed by atoms with Crippen LogP contribution in [0.2, 0.25) is 0 Å². The third-order valence-corrected chi connectivity index (χ3v) is 1.85. The lowest BCUT2D eigenvalue weighted by molar-refractivity contribution is 0.703. The minimum absolute atomic E-state index is 0.349. The molecule has 1 heterocycles. The Bertz CT molecular complexity index is 205. The second-order valence-corrected chi connectivity index (χ2v) is 3.56. The number of hydrogen-bond donors (Lipinski definition) is 0. The molecule has 0 aliphatic carbocycles. The molecule has 0 fully saturated rings. The van der Waals surface area contributed by atoms with Crippen molar-refractivity contribution in [2.45, 2.75) is 25.2 Å². The molecule has 0 amide bonds. The summed E-state index contributed by atoms with van der Waals surface area (Å²) in [6.45, 7) is 5.18. The van der Waals surface area contributed by atoms with Crippen molar-refractivity contribution in [3.8, 4) is 0 Å². The Morgan fingerprint density at radius 3 is 2.90 bits per heavy atom. The van der Waals surface area contributed by atoms with Crippen molar-refractivity contribution in [1.82, 2.24) is 9.55 Å². The molecule has 0 aliphatic rings. The van der Waals surface area contributed by atoms with Crippen LogP contribution in [0.5, 0.6) is 0 Å². The van der Waals surface area contributed by atoms with Crippen LogP contribution in [0.1, 0.15) is 24.5 Å². The van der Waals surface area contributed by atoms with E-state index in [1.165, 1.54) is 0 Å². The number of nitrogens with zero attached hydrogens (tertiary/aromatic N) is 2. The number of aromatic nitrogens is 2. The Kier molecular flexibility index (Phi) is 2.49. The average molecular weight is 203 g/mol. The first kappa shape index (κ1) is 7.79. The fraction of sp³-hybridized carbons (Fsp3) is 0.571. The first-order chi connectivity index (χ1) is 4.75. The summed E-state index contributed by atoms with van der Waals surface area (Å²) in [5, 5.41) is 0. The number of aryl methyl sites for hydroxylation is 1. The minimum atomic E-state index is 0.349. The average Bonchev–Trinajstić information content (AvgIpc) is 2.33. The van der Waals surface area contributed by atoms with Crippen LogP contribution in [0.3, 0.4) is 0 Å². The summed E-state index contributed by atoms with van der Waals surface area (Å²) in [6.07, 6.45) is 3.82. The van der Waals surface area contributed by atoms with E-state index in [1.54, 1.807) is 0 Å². The second-order valence-electron chi connectivity index (χ2n) is 2.19. The molecule has 10 heavy (non-hydrogen) atoms. The maximum atomic E-state index is 4.20. The summed E-state index contributed by atoms with van der Waals surface area (Å²) in [7, 11) is 0. The molecule has 0 aliphatic heterocycles. The zero-order chi connectivity index (χ0) is 7.56. The Morgan fingerprint density at radius 1 is 1.80 bits per heavy atom. The van der Waals surface area contributed by atoms with E-state index >= 15 is 0 Å². The van der Waals surface area contributed by atoms with Gasteiger partial charge in [0.1, 0.15) is 5.82 Å². The Hall–Kier alpha value is -0.310. The summed E-state index contributed by atoms with van der Waals surface area (Å²) in [6, 6.07) is 0. The van der Waals surface area contributed by atoms with Crippen molar-refractivity contribution < 1.29 is 0 Å². The van der Waals surface area contributed by atoms with Gasteiger partial charge in [-0.15, -0.1) is 0 Å². The smallest absolute Gasteiger partial charge is 0.122 e. The van der Waals surface area contributed by atoms with E-state index in [0.717, 1.165) is 12.4 Å². The Morgan fingerprint density at radius 2 is 2.50 bits per heavy atom. The van der Waals surface area contributed by atoms with Crippen LogP contribution in [-0.2, 0) is 6.54 Å². The highest BCUT2D eigenvalue weighted by Gasteiger charge is 2.05. The molecular weight excluding hydrogens is 192 g/mol. The van der Waals surface area contributed by atoms with E-state index < -0.39 is 0 Å². The van der Waals surface area contributed by atoms with Gasteiger partial charge in [-0.1, -0.05) is 15.9 Å². The summed E-state index contributed by atoms with van der Waals surface area (Å²) in [4.78, 5) is 4.55. The number of rotatable bonds is 2. The molecule has 0 saturated carbocycles. The fourth-order valence-electron chi connectivity index (χ4n) is 0.939. The number of halogens is 1. The lowest BCUT2D eigenvalue weighted by Gasteiger charge is -2.04. The first-order valence-electron chi connectivity index (χ1n) is 3.40. The third kappa shape index (κ3) is 1.40. The van der Waals surface area contributed by atoms with Gasteiger partial charge in [-0.05, 0) is 13.8 Å². The van der Waals surface area contributed by atoms with Crippen LogP contribution in [0.4, 0.5) is 0 Å². The van der Waals surface area contributed by atoms with Crippen molar-refractivity contribution >= 4 is 15.9 Å². The molecule has 1 rings (SSSR count). The van der Waals surface area contributed by atoms with Gasteiger partial charge in [-0.2, -0.15) is 0 Å². The molecule has 3 heteroatoms. The zero-order valence-corrected chi connectivity index (χ0v) is 7.80. The fourth-order valence-corrected chi connectivity index (χ4v) is 1.32. The normalized spacial score (nSPS) is 13.5. The van der Waals surface area contributed by atoms with Crippen molar-refractivity contribution in [2.24, 2.45) is 0 Å². The van der Waals surface area contributed by atoms with Crippen LogP contribution >= 0.6 is 15.9 Å². The van der Waals surface area contributed by atoms with E-state index in [4.69, 9.17) is 0 Å². The van der Waals surface area contributed by atoms with Crippen LogP contribution in [0.15, 0.2) is 12.4 Å². The summed E-state index contributed by atoms with van der Waals surface area (Å²) in [5.74, 6) is 1.10. The number of alkyl halides is 1. The minimum Gasteiger partial charge on any atom is -0.334 e. The molecule has 1 aromatic rings. The molecule has 56 valence electrons. The molecule has 0 saturated heterocycles. The highest BCUT2D eigenvalue weighted by molar-refractivity contribution is 9.09. The molecule has 1 aromatic heterocycles. The maximum Gasteiger partial charge on any atom is 0.122 e. The topological polar surface area (TPSA) is 17.8 Å². The maximum absolute atomic E-state index is 4.20. The zero-order valence-electron chi connectivity index (χ0n) is 6.21. The molecule has 1 unspecified atom stereocenters. The van der Waals surface area contributed by atoms with Gasteiger partial charge < -0.3 is 4.57 Å². The SMILES string of the molecule is CCn1ccnc1C(C)Br. The Balaban J connectivity index is 2.90. The van der Waals surface area contributed by atoms with Crippen molar-refractivity contribution in [3.63, 3.8) is 0 Å². The Labute approximate surface area is 69.4 Å². The van der Waals surface area contributed by atoms with Crippen LogP contribution in [0, 0.1) is 0 Å². The highest BCUT2D eigenvalue weighted by atomic mass is 79.9. The van der Waals surface area contributed by atoms with Crippen molar-refractivity contribution in [2.75, 3.05) is 0 Å². The summed E-state index contributed by atoms with van der Waals surface area (Å²) in [5.41, 5.74) is 0. The van der Waals surface area contributed by atoms with Crippen LogP contribution in [0.25, 0.3) is 0 Å². The summed E-state index contributed by atoms with van der Waals surface area (Å²) < 4.78 is 2.12. The van der Waals surface area contributed by atoms with Gasteiger partial charge in [0.15, 0.2) is 0 Å². The van der Waals surface area contributed by atoms with Gasteiger partial charge in [0.05, 0.1) is 4.83 Å². The van der Waals surface area contributed by atoms with Gasteiger partial charge in [-0.3, -0.25) is 0 Å². The van der Waals surface area contributed by atoms with Crippen LogP contribution in [-0.4, -0.2) is 9.55 Å². The summed E-state index contributed by atoms with van der Waals surface area (Å²) >= 11 is 3.47. The number of imidazole rings is 1. The standard InChI is InChI=1S/C7H11BrN2/c1-3-10-5-4-9-7(10)6(2)8/h4-6H,3H2,1-2H3. The van der Waals surface area contributed by atoms with E-state index in [-0.39, 0.29) is 0 Å². The van der Waals surface area contributed by atoms with Crippen molar-refractivity contribution in [3.05, 3.63) is 18.2 Å². The molecule has 2 nitrogen and oxygen atoms in total. The lowest BCUT2D eigenvalue weighted by atomic mass is 10.4. The largest absolute Gasteiger partial charge is 0.334 e. The first-order valence-corrected chi connectivity index (χ1v) is 4.32. The predicted molar refractivity (Wildman–Crippen MR) is 45.2 cm³/mol. The highest BCUT2D eigenvalue weighted by Crippen LogP contribution is 2.18. The monoisotopic (exact) mass is 202 g/mol. The third-order valence-electron chi connectivity index (χ3n) is 1.44. The predicted octanol–water partition coefficient (Wildman–Crippen LogP) is 2.36. The molecule has 0 N–H and O–H groups in total. The van der Waals surface area contributed by atoms with E-state index in [0.29, 0.717) is 4.83 Å². The van der Waals surface area contributed by atoms with E-state index in [2.05, 4.69) is 39.3 Å². The van der Waals surface area contributed by atoms with Gasteiger partial charge in [0.2, 0.25) is 0 Å². The van der Waals surface area contributed by atoms with E-state index in [9.17, 15) is 0 Å². The van der Waals surface area contributed by atoms with Gasteiger partial charge >= 0.3 is 0 Å².